The number of hydrogen-bond acceptors (Lipinski definition) is 6. The largest absolute Gasteiger partial charge is 0.493 e. The van der Waals surface area contributed by atoms with E-state index < -0.39 is 4.92 Å². The topological polar surface area (TPSA) is 87.4 Å². The van der Waals surface area contributed by atoms with Gasteiger partial charge in [0, 0.05) is 11.0 Å². The first-order valence-electron chi connectivity index (χ1n) is 7.09. The third kappa shape index (κ3) is 2.05. The minimum atomic E-state index is -0.540. The number of hydrogen-bond donors (Lipinski definition) is 0. The van der Waals surface area contributed by atoms with Crippen molar-refractivity contribution in [3.8, 4) is 17.5 Å². The molecule has 2 aromatic rings. The van der Waals surface area contributed by atoms with Crippen LogP contribution < -0.4 is 9.47 Å². The number of aromatic nitrogens is 2. The Labute approximate surface area is 126 Å². The summed E-state index contributed by atoms with van der Waals surface area (Å²) < 4.78 is 11.5. The van der Waals surface area contributed by atoms with E-state index >= 15 is 0 Å². The van der Waals surface area contributed by atoms with Gasteiger partial charge in [-0.3, -0.25) is 10.1 Å². The molecule has 1 aromatic heterocycles. The maximum absolute atomic E-state index is 10.6. The fraction of sp³-hybridized carbons (Fsp3) is 0.333. The smallest absolute Gasteiger partial charge is 0.322 e. The number of nitro groups is 1. The molecule has 0 radical (unpaired) electrons. The zero-order chi connectivity index (χ0) is 15.2. The van der Waals surface area contributed by atoms with Gasteiger partial charge in [0.05, 0.1) is 11.5 Å². The van der Waals surface area contributed by atoms with Gasteiger partial charge in [-0.2, -0.15) is 9.97 Å². The molecule has 2 heterocycles. The molecule has 0 unspecified atom stereocenters. The summed E-state index contributed by atoms with van der Waals surface area (Å²) in [5.74, 6) is 1.52. The molecular weight excluding hydrogens is 286 g/mol. The van der Waals surface area contributed by atoms with E-state index in [1.54, 1.807) is 0 Å². The Morgan fingerprint density at radius 2 is 2.00 bits per heavy atom. The molecule has 1 aromatic carbocycles. The van der Waals surface area contributed by atoms with Crippen molar-refractivity contribution in [1.82, 2.24) is 9.97 Å². The summed E-state index contributed by atoms with van der Waals surface area (Å²) in [6, 6.07) is 5.76. The van der Waals surface area contributed by atoms with E-state index in [1.165, 1.54) is 0 Å². The molecule has 112 valence electrons. The van der Waals surface area contributed by atoms with Crippen LogP contribution in [0.1, 0.15) is 24.8 Å². The van der Waals surface area contributed by atoms with Crippen LogP contribution in [0.15, 0.2) is 30.6 Å². The molecule has 1 aliphatic heterocycles. The SMILES string of the molecule is O=[N+]([O-])c1cnc(Oc2cccc3c2C2(CCO3)CC2)nc1. The van der Waals surface area contributed by atoms with Crippen LogP contribution in [-0.2, 0) is 5.41 Å². The summed E-state index contributed by atoms with van der Waals surface area (Å²) in [6.07, 6.45) is 5.53. The van der Waals surface area contributed by atoms with Gasteiger partial charge in [-0.15, -0.1) is 0 Å². The van der Waals surface area contributed by atoms with Crippen LogP contribution in [0.2, 0.25) is 0 Å². The highest BCUT2D eigenvalue weighted by Gasteiger charge is 2.49. The molecule has 0 amide bonds. The maximum Gasteiger partial charge on any atom is 0.322 e. The molecule has 7 heteroatoms. The average molecular weight is 299 g/mol. The van der Waals surface area contributed by atoms with Crippen LogP contribution >= 0.6 is 0 Å². The van der Waals surface area contributed by atoms with E-state index in [0.717, 1.165) is 49.6 Å². The first kappa shape index (κ1) is 13.0. The highest BCUT2D eigenvalue weighted by molar-refractivity contribution is 5.54. The zero-order valence-electron chi connectivity index (χ0n) is 11.7. The number of fused-ring (bicyclic) bond motifs is 2. The summed E-state index contributed by atoms with van der Waals surface area (Å²) in [4.78, 5) is 17.9. The van der Waals surface area contributed by atoms with Gasteiger partial charge in [0.15, 0.2) is 0 Å². The molecule has 0 saturated heterocycles. The van der Waals surface area contributed by atoms with Gasteiger partial charge in [0.2, 0.25) is 0 Å². The van der Waals surface area contributed by atoms with Crippen LogP contribution in [0.25, 0.3) is 0 Å². The van der Waals surface area contributed by atoms with E-state index in [-0.39, 0.29) is 17.1 Å². The molecule has 0 atom stereocenters. The number of ether oxygens (including phenoxy) is 2. The third-order valence-electron chi connectivity index (χ3n) is 4.24. The van der Waals surface area contributed by atoms with Crippen LogP contribution in [0.3, 0.4) is 0 Å². The summed E-state index contributed by atoms with van der Waals surface area (Å²) in [5, 5.41) is 10.6. The molecule has 0 N–H and O–H groups in total. The third-order valence-corrected chi connectivity index (χ3v) is 4.24. The van der Waals surface area contributed by atoms with Crippen molar-refractivity contribution in [2.45, 2.75) is 24.7 Å². The van der Waals surface area contributed by atoms with Gasteiger partial charge in [0.25, 0.3) is 0 Å². The van der Waals surface area contributed by atoms with Crippen molar-refractivity contribution in [1.29, 1.82) is 0 Å². The van der Waals surface area contributed by atoms with Crippen molar-refractivity contribution in [3.63, 3.8) is 0 Å². The standard InChI is InChI=1S/C15H13N3O4/c19-18(20)10-8-16-14(17-9-10)22-12-3-1-2-11-13(12)15(4-5-15)6-7-21-11/h1-3,8-9H,4-7H2. The summed E-state index contributed by atoms with van der Waals surface area (Å²) >= 11 is 0. The van der Waals surface area contributed by atoms with Crippen LogP contribution in [0.4, 0.5) is 5.69 Å². The second-order valence-electron chi connectivity index (χ2n) is 5.59. The van der Waals surface area contributed by atoms with Crippen molar-refractivity contribution in [2.24, 2.45) is 0 Å². The van der Waals surface area contributed by atoms with E-state index in [4.69, 9.17) is 9.47 Å². The molecular formula is C15H13N3O4. The monoisotopic (exact) mass is 299 g/mol. The highest BCUT2D eigenvalue weighted by Crippen LogP contribution is 2.59. The first-order chi connectivity index (χ1) is 10.7. The van der Waals surface area contributed by atoms with Gasteiger partial charge in [-0.05, 0) is 31.4 Å². The highest BCUT2D eigenvalue weighted by atomic mass is 16.6. The van der Waals surface area contributed by atoms with Crippen molar-refractivity contribution in [2.75, 3.05) is 6.61 Å². The molecule has 22 heavy (non-hydrogen) atoms. The predicted octanol–water partition coefficient (Wildman–Crippen LogP) is 2.99. The number of nitrogens with zero attached hydrogens (tertiary/aromatic N) is 3. The molecule has 2 aliphatic rings. The fourth-order valence-corrected chi connectivity index (χ4v) is 2.93. The van der Waals surface area contributed by atoms with Gasteiger partial charge in [-0.1, -0.05) is 6.07 Å². The van der Waals surface area contributed by atoms with Crippen molar-refractivity contribution >= 4 is 5.69 Å². The van der Waals surface area contributed by atoms with E-state index in [1.807, 2.05) is 18.2 Å². The lowest BCUT2D eigenvalue weighted by molar-refractivity contribution is -0.385. The lowest BCUT2D eigenvalue weighted by atomic mass is 9.89. The Hall–Kier alpha value is -2.70. The fourth-order valence-electron chi connectivity index (χ4n) is 2.93. The van der Waals surface area contributed by atoms with Gasteiger partial charge >= 0.3 is 11.7 Å². The molecule has 0 bridgehead atoms. The second kappa shape index (κ2) is 4.66. The lowest BCUT2D eigenvalue weighted by Gasteiger charge is -2.27. The van der Waals surface area contributed by atoms with Crippen LogP contribution in [0, 0.1) is 10.1 Å². The number of rotatable bonds is 3. The summed E-state index contributed by atoms with van der Waals surface area (Å²) in [6.45, 7) is 0.727. The van der Waals surface area contributed by atoms with Gasteiger partial charge in [-0.25, -0.2) is 0 Å². The molecule has 7 nitrogen and oxygen atoms in total. The minimum Gasteiger partial charge on any atom is -0.493 e. The molecule has 1 fully saturated rings. The van der Waals surface area contributed by atoms with Crippen LogP contribution in [0.5, 0.6) is 17.5 Å². The molecule has 1 spiro atoms. The van der Waals surface area contributed by atoms with Gasteiger partial charge < -0.3 is 9.47 Å². The Balaban J connectivity index is 1.68. The summed E-state index contributed by atoms with van der Waals surface area (Å²) in [5.41, 5.74) is 1.07. The van der Waals surface area contributed by atoms with E-state index in [2.05, 4.69) is 9.97 Å². The first-order valence-corrected chi connectivity index (χ1v) is 7.09. The van der Waals surface area contributed by atoms with Crippen LogP contribution in [-0.4, -0.2) is 21.5 Å². The Morgan fingerprint density at radius 3 is 2.68 bits per heavy atom. The van der Waals surface area contributed by atoms with E-state index in [9.17, 15) is 10.1 Å². The summed E-state index contributed by atoms with van der Waals surface area (Å²) in [7, 11) is 0. The van der Waals surface area contributed by atoms with E-state index in [0.29, 0.717) is 5.75 Å². The normalized spacial score (nSPS) is 17.5. The lowest BCUT2D eigenvalue weighted by Crippen LogP contribution is -2.20. The minimum absolute atomic E-state index is 0.0976. The Morgan fingerprint density at radius 1 is 1.23 bits per heavy atom. The van der Waals surface area contributed by atoms with Crippen molar-refractivity contribution in [3.05, 3.63) is 46.3 Å². The Bertz CT molecular complexity index is 741. The maximum atomic E-state index is 10.6. The Kier molecular flexibility index (Phi) is 2.75. The van der Waals surface area contributed by atoms with Crippen molar-refractivity contribution < 1.29 is 14.4 Å². The molecule has 1 aliphatic carbocycles. The average Bonchev–Trinajstić information content (AvgIpc) is 3.28. The quantitative estimate of drug-likeness (QED) is 0.639. The second-order valence-corrected chi connectivity index (χ2v) is 5.59. The zero-order valence-corrected chi connectivity index (χ0v) is 11.7. The predicted molar refractivity (Wildman–Crippen MR) is 76.2 cm³/mol. The van der Waals surface area contributed by atoms with Gasteiger partial charge in [0.1, 0.15) is 23.9 Å². The molecule has 4 rings (SSSR count). The molecule has 1 saturated carbocycles. The number of benzene rings is 1.